The molecule has 0 radical (unpaired) electrons. The summed E-state index contributed by atoms with van der Waals surface area (Å²) < 4.78 is 40.6. The van der Waals surface area contributed by atoms with Crippen molar-refractivity contribution >= 4 is 46.2 Å². The van der Waals surface area contributed by atoms with E-state index in [2.05, 4.69) is 25.0 Å². The number of H-pyrrole nitrogens is 1. The summed E-state index contributed by atoms with van der Waals surface area (Å²) >= 11 is 2.55. The minimum Gasteiger partial charge on any atom is -0.475 e. The third kappa shape index (κ3) is 5.18. The fourth-order valence-corrected chi connectivity index (χ4v) is 4.78. The number of amides is 1. The average molecular weight is 522 g/mol. The lowest BCUT2D eigenvalue weighted by Gasteiger charge is -2.32. The van der Waals surface area contributed by atoms with Crippen molar-refractivity contribution in [2.75, 3.05) is 38.3 Å². The van der Waals surface area contributed by atoms with Gasteiger partial charge in [0.1, 0.15) is 24.0 Å². The number of ether oxygens (including phenoxy) is 2. The molecule has 184 valence electrons. The number of imidazole rings is 1. The van der Waals surface area contributed by atoms with Gasteiger partial charge >= 0.3 is 0 Å². The van der Waals surface area contributed by atoms with Gasteiger partial charge in [0.05, 0.1) is 24.4 Å². The van der Waals surface area contributed by atoms with Gasteiger partial charge in [-0.25, -0.2) is 18.7 Å². The molecule has 1 fully saturated rings. The summed E-state index contributed by atoms with van der Waals surface area (Å²) in [6.45, 7) is 3.26. The van der Waals surface area contributed by atoms with Crippen molar-refractivity contribution in [3.05, 3.63) is 35.5 Å². The Morgan fingerprint density at radius 2 is 2.14 bits per heavy atom. The fraction of sp³-hybridized carbons (Fsp3) is 0.381. The molecule has 1 unspecified atom stereocenters. The van der Waals surface area contributed by atoms with Crippen LogP contribution in [0.5, 0.6) is 5.88 Å². The summed E-state index contributed by atoms with van der Waals surface area (Å²) in [4.78, 5) is 30.1. The third-order valence-electron chi connectivity index (χ3n) is 5.29. The summed E-state index contributed by atoms with van der Waals surface area (Å²) in [5.41, 5.74) is 1.04. The standard InChI is InChI=1S/C21H21F2N7O3S2/c1-11-5-17(30-19(24-11)27-21(28-30)34-2)33-9-13-8-29(3-4-32-13)16(31)10-35-20-25-15-7-12(22)6-14(23)18(15)26-20/h5-7,13H,3-4,8-10H2,1-2H3,(H,25,26). The van der Waals surface area contributed by atoms with Crippen LogP contribution in [0.2, 0.25) is 0 Å². The number of hydrogen-bond donors (Lipinski definition) is 1. The number of rotatable bonds is 7. The number of nitrogens with one attached hydrogen (secondary N) is 1. The molecule has 1 aromatic carbocycles. The second-order valence-electron chi connectivity index (χ2n) is 7.80. The van der Waals surface area contributed by atoms with Crippen LogP contribution in [0.4, 0.5) is 8.78 Å². The summed E-state index contributed by atoms with van der Waals surface area (Å²) in [5.74, 6) is -0.504. The van der Waals surface area contributed by atoms with Crippen molar-refractivity contribution in [1.29, 1.82) is 0 Å². The molecule has 14 heteroatoms. The Hall–Kier alpha value is -2.97. The van der Waals surface area contributed by atoms with E-state index in [1.165, 1.54) is 17.8 Å². The number of fused-ring (bicyclic) bond motifs is 2. The molecule has 0 bridgehead atoms. The zero-order valence-corrected chi connectivity index (χ0v) is 20.5. The van der Waals surface area contributed by atoms with Crippen LogP contribution in [0, 0.1) is 18.6 Å². The van der Waals surface area contributed by atoms with Crippen molar-refractivity contribution in [3.8, 4) is 5.88 Å². The van der Waals surface area contributed by atoms with Gasteiger partial charge in [0.25, 0.3) is 5.78 Å². The molecular formula is C21H21F2N7O3S2. The maximum atomic E-state index is 13.9. The van der Waals surface area contributed by atoms with Crippen LogP contribution in [0.25, 0.3) is 16.8 Å². The van der Waals surface area contributed by atoms with E-state index in [1.807, 2.05) is 13.2 Å². The number of thioether (sulfide) groups is 2. The first-order chi connectivity index (χ1) is 16.9. The van der Waals surface area contributed by atoms with E-state index in [0.717, 1.165) is 23.5 Å². The highest BCUT2D eigenvalue weighted by Gasteiger charge is 2.25. The summed E-state index contributed by atoms with van der Waals surface area (Å²) in [6, 6.07) is 3.72. The summed E-state index contributed by atoms with van der Waals surface area (Å²) in [5, 5.41) is 5.32. The number of benzene rings is 1. The molecule has 35 heavy (non-hydrogen) atoms. The van der Waals surface area contributed by atoms with Crippen LogP contribution in [0.1, 0.15) is 5.69 Å². The second kappa shape index (κ2) is 9.95. The van der Waals surface area contributed by atoms with Crippen LogP contribution >= 0.6 is 23.5 Å². The molecule has 1 N–H and O–H groups in total. The number of carbonyl (C=O) groups excluding carboxylic acids is 1. The molecule has 1 aliphatic rings. The molecular weight excluding hydrogens is 500 g/mol. The van der Waals surface area contributed by atoms with Gasteiger partial charge in [-0.15, -0.1) is 5.10 Å². The van der Waals surface area contributed by atoms with Crippen molar-refractivity contribution < 1.29 is 23.0 Å². The Morgan fingerprint density at radius 1 is 1.29 bits per heavy atom. The number of nitrogens with zero attached hydrogens (tertiary/aromatic N) is 6. The molecule has 1 aliphatic heterocycles. The molecule has 1 amide bonds. The van der Waals surface area contributed by atoms with Crippen LogP contribution in [0.15, 0.2) is 28.5 Å². The van der Waals surface area contributed by atoms with Crippen molar-refractivity contribution in [2.24, 2.45) is 0 Å². The smallest absolute Gasteiger partial charge is 0.256 e. The first-order valence-electron chi connectivity index (χ1n) is 10.7. The van der Waals surface area contributed by atoms with Crippen molar-refractivity contribution in [3.63, 3.8) is 0 Å². The molecule has 0 spiro atoms. The van der Waals surface area contributed by atoms with Crippen LogP contribution in [0.3, 0.4) is 0 Å². The third-order valence-corrected chi connectivity index (χ3v) is 6.69. The van der Waals surface area contributed by atoms with E-state index in [9.17, 15) is 13.6 Å². The summed E-state index contributed by atoms with van der Waals surface area (Å²) in [7, 11) is 0. The quantitative estimate of drug-likeness (QED) is 0.367. The predicted octanol–water partition coefficient (Wildman–Crippen LogP) is 2.71. The average Bonchev–Trinajstić information content (AvgIpc) is 3.45. The molecule has 10 nitrogen and oxygen atoms in total. The minimum atomic E-state index is -0.748. The Labute approximate surface area is 206 Å². The number of halogens is 2. The molecule has 1 saturated heterocycles. The number of carbonyl (C=O) groups is 1. The molecule has 0 aliphatic carbocycles. The maximum Gasteiger partial charge on any atom is 0.256 e. The van der Waals surface area contributed by atoms with Crippen molar-refractivity contribution in [2.45, 2.75) is 23.3 Å². The molecule has 3 aromatic heterocycles. The van der Waals surface area contributed by atoms with Gasteiger partial charge in [-0.3, -0.25) is 4.79 Å². The first kappa shape index (κ1) is 23.8. The van der Waals surface area contributed by atoms with Crippen LogP contribution in [-0.4, -0.2) is 84.8 Å². The lowest BCUT2D eigenvalue weighted by molar-refractivity contribution is -0.137. The SMILES string of the molecule is CSc1nc2nc(C)cc(OCC3CN(C(=O)CSc4nc5c(F)cc(F)cc5[nH]4)CCO3)n2n1. The van der Waals surface area contributed by atoms with Gasteiger partial charge in [-0.1, -0.05) is 23.5 Å². The van der Waals surface area contributed by atoms with Gasteiger partial charge in [0.15, 0.2) is 11.0 Å². The first-order valence-corrected chi connectivity index (χ1v) is 12.9. The predicted molar refractivity (Wildman–Crippen MR) is 126 cm³/mol. The number of hydrogen-bond acceptors (Lipinski definition) is 9. The normalized spacial score (nSPS) is 16.3. The molecule has 5 rings (SSSR count). The Morgan fingerprint density at radius 3 is 2.97 bits per heavy atom. The zero-order valence-electron chi connectivity index (χ0n) is 18.8. The molecule has 1 atom stereocenters. The van der Waals surface area contributed by atoms with Crippen LogP contribution in [-0.2, 0) is 9.53 Å². The van der Waals surface area contributed by atoms with Crippen LogP contribution < -0.4 is 4.74 Å². The topological polar surface area (TPSA) is 111 Å². The van der Waals surface area contributed by atoms with Crippen molar-refractivity contribution in [1.82, 2.24) is 34.4 Å². The maximum absolute atomic E-state index is 13.9. The number of aromatic nitrogens is 6. The zero-order chi connectivity index (χ0) is 24.5. The monoisotopic (exact) mass is 521 g/mol. The van der Waals surface area contributed by atoms with Gasteiger partial charge < -0.3 is 19.4 Å². The van der Waals surface area contributed by atoms with Gasteiger partial charge in [-0.05, 0) is 19.2 Å². The highest BCUT2D eigenvalue weighted by molar-refractivity contribution is 7.99. The molecule has 0 saturated carbocycles. The lowest BCUT2D eigenvalue weighted by Crippen LogP contribution is -2.48. The lowest BCUT2D eigenvalue weighted by atomic mass is 10.3. The molecule has 4 aromatic rings. The Balaban J connectivity index is 1.19. The van der Waals surface area contributed by atoms with E-state index >= 15 is 0 Å². The van der Waals surface area contributed by atoms with Gasteiger partial charge in [-0.2, -0.15) is 9.50 Å². The van der Waals surface area contributed by atoms with E-state index < -0.39 is 11.6 Å². The fourth-order valence-electron chi connectivity index (χ4n) is 3.66. The number of aryl methyl sites for hydroxylation is 1. The Bertz CT molecular complexity index is 1400. The highest BCUT2D eigenvalue weighted by atomic mass is 32.2. The van der Waals surface area contributed by atoms with E-state index in [-0.39, 0.29) is 35.4 Å². The second-order valence-corrected chi connectivity index (χ2v) is 9.54. The largest absolute Gasteiger partial charge is 0.475 e. The number of aromatic amines is 1. The van der Waals surface area contributed by atoms with E-state index in [0.29, 0.717) is 41.7 Å². The number of morpholine rings is 1. The van der Waals surface area contributed by atoms with Gasteiger partial charge in [0, 0.05) is 24.4 Å². The minimum absolute atomic E-state index is 0.0439. The highest BCUT2D eigenvalue weighted by Crippen LogP contribution is 2.23. The Kier molecular flexibility index (Phi) is 6.75. The van der Waals surface area contributed by atoms with Gasteiger partial charge in [0.2, 0.25) is 16.9 Å². The van der Waals surface area contributed by atoms with E-state index in [4.69, 9.17) is 9.47 Å². The molecule has 4 heterocycles. The van der Waals surface area contributed by atoms with E-state index in [1.54, 1.807) is 15.5 Å². The summed E-state index contributed by atoms with van der Waals surface area (Å²) in [6.07, 6.45) is 1.56.